The maximum Gasteiger partial charge on any atom is 0.410 e. The number of benzene rings is 1. The summed E-state index contributed by atoms with van der Waals surface area (Å²) in [6, 6.07) is 9.86. The van der Waals surface area contributed by atoms with Crippen molar-refractivity contribution in [2.45, 2.75) is 104 Å². The monoisotopic (exact) mass is 503 g/mol. The van der Waals surface area contributed by atoms with Crippen molar-refractivity contribution in [3.63, 3.8) is 0 Å². The quantitative estimate of drug-likeness (QED) is 0.499. The minimum Gasteiger partial charge on any atom is -0.445 e. The van der Waals surface area contributed by atoms with Crippen molar-refractivity contribution in [1.29, 1.82) is 0 Å². The average molecular weight is 504 g/mol. The fourth-order valence-corrected chi connectivity index (χ4v) is 5.20. The van der Waals surface area contributed by atoms with E-state index in [1.807, 2.05) is 69.9 Å². The summed E-state index contributed by atoms with van der Waals surface area (Å²) < 4.78 is 11.1. The summed E-state index contributed by atoms with van der Waals surface area (Å²) in [5, 5.41) is 0. The first kappa shape index (κ1) is 29.9. The molecule has 0 bridgehead atoms. The van der Waals surface area contributed by atoms with E-state index in [-0.39, 0.29) is 23.8 Å². The summed E-state index contributed by atoms with van der Waals surface area (Å²) in [7, 11) is 0. The van der Waals surface area contributed by atoms with Crippen molar-refractivity contribution in [1.82, 2.24) is 9.80 Å². The van der Waals surface area contributed by atoms with Gasteiger partial charge in [-0.25, -0.2) is 9.59 Å². The second-order valence-corrected chi connectivity index (χ2v) is 11.6. The molecule has 1 aromatic rings. The lowest BCUT2D eigenvalue weighted by Crippen LogP contribution is -2.45. The lowest BCUT2D eigenvalue weighted by Gasteiger charge is -2.34. The maximum atomic E-state index is 12.7. The highest BCUT2D eigenvalue weighted by Crippen LogP contribution is 2.37. The highest BCUT2D eigenvalue weighted by Gasteiger charge is 2.43. The van der Waals surface area contributed by atoms with Crippen molar-refractivity contribution in [2.75, 3.05) is 19.6 Å². The van der Waals surface area contributed by atoms with Crippen LogP contribution in [0.15, 0.2) is 30.3 Å². The fourth-order valence-electron chi connectivity index (χ4n) is 5.20. The molecule has 0 aromatic heterocycles. The van der Waals surface area contributed by atoms with Crippen LogP contribution in [0.2, 0.25) is 0 Å². The number of piperidine rings is 1. The molecule has 36 heavy (non-hydrogen) atoms. The van der Waals surface area contributed by atoms with Gasteiger partial charge in [-0.2, -0.15) is 0 Å². The van der Waals surface area contributed by atoms with Gasteiger partial charge in [-0.05, 0) is 84.1 Å². The van der Waals surface area contributed by atoms with E-state index in [1.54, 1.807) is 4.90 Å². The number of nitrogens with zero attached hydrogens (tertiary/aromatic N) is 2. The number of nitrogens with two attached hydrogens (primary N) is 1. The van der Waals surface area contributed by atoms with Crippen molar-refractivity contribution >= 4 is 12.2 Å². The zero-order chi connectivity index (χ0) is 26.9. The van der Waals surface area contributed by atoms with E-state index < -0.39 is 5.60 Å². The Morgan fingerprint density at radius 2 is 1.69 bits per heavy atom. The van der Waals surface area contributed by atoms with E-state index in [0.717, 1.165) is 44.2 Å². The predicted molar refractivity (Wildman–Crippen MR) is 145 cm³/mol. The molecule has 7 heteroatoms. The SMILES string of the molecule is CC.CC(C)(C)OC(=O)N1CC(CCC(N)C2CCN(C(=O)OCc3ccccc3)CC2)CC1(C)C. The van der Waals surface area contributed by atoms with Gasteiger partial charge in [0.1, 0.15) is 12.2 Å². The Morgan fingerprint density at radius 3 is 2.28 bits per heavy atom. The normalized spacial score (nSPS) is 20.8. The smallest absolute Gasteiger partial charge is 0.410 e. The predicted octanol–water partition coefficient (Wildman–Crippen LogP) is 6.20. The third-order valence-corrected chi connectivity index (χ3v) is 7.09. The minimum absolute atomic E-state index is 0.112. The molecule has 2 aliphatic heterocycles. The van der Waals surface area contributed by atoms with Gasteiger partial charge in [0, 0.05) is 31.2 Å². The first-order chi connectivity index (χ1) is 16.9. The first-order valence-electron chi connectivity index (χ1n) is 13.7. The topological polar surface area (TPSA) is 85.1 Å². The Labute approximate surface area is 218 Å². The van der Waals surface area contributed by atoms with Crippen LogP contribution >= 0.6 is 0 Å². The van der Waals surface area contributed by atoms with Crippen LogP contribution in [0.4, 0.5) is 9.59 Å². The molecule has 204 valence electrons. The number of ether oxygens (including phenoxy) is 2. The van der Waals surface area contributed by atoms with E-state index in [0.29, 0.717) is 31.5 Å². The van der Waals surface area contributed by atoms with Crippen LogP contribution < -0.4 is 5.73 Å². The van der Waals surface area contributed by atoms with Crippen LogP contribution in [0.5, 0.6) is 0 Å². The second kappa shape index (κ2) is 13.3. The summed E-state index contributed by atoms with van der Waals surface area (Å²) in [5.41, 5.74) is 6.89. The van der Waals surface area contributed by atoms with Crippen LogP contribution in [-0.2, 0) is 16.1 Å². The Bertz CT molecular complexity index is 814. The van der Waals surface area contributed by atoms with Crippen LogP contribution in [0.3, 0.4) is 0 Å². The van der Waals surface area contributed by atoms with Gasteiger partial charge in [0.25, 0.3) is 0 Å². The van der Waals surface area contributed by atoms with Gasteiger partial charge in [-0.15, -0.1) is 0 Å². The Balaban J connectivity index is 0.00000222. The zero-order valence-electron chi connectivity index (χ0n) is 23.6. The highest BCUT2D eigenvalue weighted by molar-refractivity contribution is 5.69. The molecule has 7 nitrogen and oxygen atoms in total. The zero-order valence-corrected chi connectivity index (χ0v) is 23.6. The third-order valence-electron chi connectivity index (χ3n) is 7.09. The van der Waals surface area contributed by atoms with Crippen LogP contribution in [-0.4, -0.2) is 58.8 Å². The van der Waals surface area contributed by atoms with Crippen molar-refractivity contribution in [2.24, 2.45) is 17.6 Å². The number of likely N-dealkylation sites (tertiary alicyclic amines) is 2. The average Bonchev–Trinajstić information content (AvgIpc) is 3.16. The number of carbonyl (C=O) groups excluding carboxylic acids is 2. The molecule has 2 atom stereocenters. The van der Waals surface area contributed by atoms with Crippen molar-refractivity contribution in [3.05, 3.63) is 35.9 Å². The van der Waals surface area contributed by atoms with Crippen molar-refractivity contribution < 1.29 is 19.1 Å². The van der Waals surface area contributed by atoms with E-state index >= 15 is 0 Å². The molecule has 2 saturated heterocycles. The number of hydrogen-bond donors (Lipinski definition) is 1. The van der Waals surface area contributed by atoms with Gasteiger partial charge >= 0.3 is 12.2 Å². The molecule has 0 spiro atoms. The molecule has 2 unspecified atom stereocenters. The maximum absolute atomic E-state index is 12.7. The second-order valence-electron chi connectivity index (χ2n) is 11.6. The lowest BCUT2D eigenvalue weighted by molar-refractivity contribution is 0.0130. The molecule has 0 aliphatic carbocycles. The standard InChI is InChI=1S/C27H43N3O4.C2H6/c1-26(2,3)34-25(32)30-18-21(17-27(30,4)5)11-12-23(28)22-13-15-29(16-14-22)24(31)33-19-20-9-7-6-8-10-20;1-2/h6-10,21-23H,11-19,28H2,1-5H3;1-2H3. The van der Waals surface area contributed by atoms with E-state index in [4.69, 9.17) is 15.2 Å². The number of hydrogen-bond acceptors (Lipinski definition) is 5. The molecule has 1 aromatic carbocycles. The number of rotatable bonds is 6. The molecular formula is C29H49N3O4. The summed E-state index contributed by atoms with van der Waals surface area (Å²) in [6.07, 6.45) is 4.24. The Kier molecular flexibility index (Phi) is 11.1. The minimum atomic E-state index is -0.490. The van der Waals surface area contributed by atoms with Gasteiger partial charge < -0.3 is 25.0 Å². The molecule has 3 rings (SSSR count). The molecule has 2 fully saturated rings. The van der Waals surface area contributed by atoms with Gasteiger partial charge in [0.2, 0.25) is 0 Å². The summed E-state index contributed by atoms with van der Waals surface area (Å²) in [6.45, 7) is 16.3. The van der Waals surface area contributed by atoms with E-state index in [1.165, 1.54) is 0 Å². The van der Waals surface area contributed by atoms with Crippen molar-refractivity contribution in [3.8, 4) is 0 Å². The van der Waals surface area contributed by atoms with Gasteiger partial charge in [0.15, 0.2) is 0 Å². The molecular weight excluding hydrogens is 454 g/mol. The molecule has 0 saturated carbocycles. The number of amides is 2. The van der Waals surface area contributed by atoms with Crippen LogP contribution in [0.25, 0.3) is 0 Å². The largest absolute Gasteiger partial charge is 0.445 e. The van der Waals surface area contributed by atoms with Gasteiger partial charge in [-0.3, -0.25) is 0 Å². The molecule has 0 radical (unpaired) electrons. The molecule has 2 heterocycles. The lowest BCUT2D eigenvalue weighted by atomic mass is 9.85. The summed E-state index contributed by atoms with van der Waals surface area (Å²) in [4.78, 5) is 28.7. The Morgan fingerprint density at radius 1 is 1.08 bits per heavy atom. The van der Waals surface area contributed by atoms with Crippen LogP contribution in [0.1, 0.15) is 86.1 Å². The highest BCUT2D eigenvalue weighted by atomic mass is 16.6. The van der Waals surface area contributed by atoms with E-state index in [9.17, 15) is 9.59 Å². The van der Waals surface area contributed by atoms with Gasteiger partial charge in [0.05, 0.1) is 0 Å². The van der Waals surface area contributed by atoms with Crippen LogP contribution in [0, 0.1) is 11.8 Å². The molecule has 2 amide bonds. The summed E-state index contributed by atoms with van der Waals surface area (Å²) >= 11 is 0. The first-order valence-corrected chi connectivity index (χ1v) is 13.7. The summed E-state index contributed by atoms with van der Waals surface area (Å²) in [5.74, 6) is 0.844. The number of carbonyl (C=O) groups is 2. The Hall–Kier alpha value is -2.28. The fraction of sp³-hybridized carbons (Fsp3) is 0.724. The molecule has 2 N–H and O–H groups in total. The molecule has 2 aliphatic rings. The van der Waals surface area contributed by atoms with E-state index in [2.05, 4.69) is 13.8 Å². The van der Waals surface area contributed by atoms with Gasteiger partial charge in [-0.1, -0.05) is 44.2 Å². The third kappa shape index (κ3) is 8.99.